The molecular weight excluding hydrogens is 541 g/mol. The molecule has 1 fully saturated rings. The number of halogens is 3. The van der Waals surface area contributed by atoms with Gasteiger partial charge in [0.1, 0.15) is 5.69 Å². The van der Waals surface area contributed by atoms with Gasteiger partial charge in [-0.25, -0.2) is 0 Å². The minimum atomic E-state index is -0.666. The number of nitrogens with zero attached hydrogens (tertiary/aromatic N) is 5. The molecule has 1 aliphatic rings. The van der Waals surface area contributed by atoms with Crippen molar-refractivity contribution in [1.82, 2.24) is 14.4 Å². The van der Waals surface area contributed by atoms with Gasteiger partial charge in [0.25, 0.3) is 5.91 Å². The average Bonchev–Trinajstić information content (AvgIpc) is 2.84. The highest BCUT2D eigenvalue weighted by Gasteiger charge is 2.32. The molecule has 1 amide bonds. The van der Waals surface area contributed by atoms with Crippen molar-refractivity contribution in [2.24, 2.45) is 0 Å². The Morgan fingerprint density at radius 2 is 1.70 bits per heavy atom. The van der Waals surface area contributed by atoms with E-state index in [1.807, 2.05) is 19.0 Å². The molecule has 0 spiro atoms. The van der Waals surface area contributed by atoms with Crippen molar-refractivity contribution in [3.8, 4) is 0 Å². The number of carbonyl (C=O) groups is 1. The maximum atomic E-state index is 13.4. The van der Waals surface area contributed by atoms with E-state index in [0.29, 0.717) is 59.2 Å². The van der Waals surface area contributed by atoms with Crippen LogP contribution in [0.1, 0.15) is 17.8 Å². The Labute approximate surface area is 229 Å². The van der Waals surface area contributed by atoms with Gasteiger partial charge < -0.3 is 19.3 Å². The maximum Gasteiger partial charge on any atom is 0.357 e. The van der Waals surface area contributed by atoms with Crippen LogP contribution in [0.25, 0.3) is 10.9 Å². The molecule has 9 nitrogen and oxygen atoms in total. The average molecular weight is 569 g/mol. The Hall–Kier alpha value is -2.85. The summed E-state index contributed by atoms with van der Waals surface area (Å²) >= 11 is 18.3. The first-order chi connectivity index (χ1) is 17.1. The molecule has 4 rings (SSSR count). The standard InChI is InChI=1S/C24H24Cl3N5O4.CH4/c1-28(2)7-12-31-20-6-4-16(25)14-17(20)21(22(24(31)34)32(35)36)29-8-10-30(11-9-29)23(33)15-3-5-18(26)19(27)13-15;/h3-6,13-14H,7-12H2,1-2H3;1H4. The molecule has 0 bridgehead atoms. The second-order valence-corrected chi connectivity index (χ2v) is 10.0. The van der Waals surface area contributed by atoms with Crippen molar-refractivity contribution >= 4 is 63.0 Å². The number of benzene rings is 2. The van der Waals surface area contributed by atoms with E-state index in [1.165, 1.54) is 10.6 Å². The van der Waals surface area contributed by atoms with Crippen molar-refractivity contribution < 1.29 is 9.72 Å². The molecule has 0 atom stereocenters. The summed E-state index contributed by atoms with van der Waals surface area (Å²) in [5.41, 5.74) is 0.0460. The number of hydrogen-bond acceptors (Lipinski definition) is 6. The number of carbonyl (C=O) groups excluding carboxylic acids is 1. The van der Waals surface area contributed by atoms with E-state index in [0.717, 1.165) is 0 Å². The topological polar surface area (TPSA) is 91.9 Å². The molecule has 0 saturated carbocycles. The lowest BCUT2D eigenvalue weighted by Crippen LogP contribution is -2.49. The number of piperazine rings is 1. The van der Waals surface area contributed by atoms with Crippen molar-refractivity contribution in [3.63, 3.8) is 0 Å². The molecule has 2 aromatic carbocycles. The molecule has 0 N–H and O–H groups in total. The number of rotatable bonds is 6. The molecule has 1 aromatic heterocycles. The van der Waals surface area contributed by atoms with Crippen LogP contribution in [0.3, 0.4) is 0 Å². The number of amides is 1. The zero-order chi connectivity index (χ0) is 26.1. The summed E-state index contributed by atoms with van der Waals surface area (Å²) in [6.07, 6.45) is 0. The van der Waals surface area contributed by atoms with Crippen molar-refractivity contribution in [1.29, 1.82) is 0 Å². The molecule has 1 aliphatic heterocycles. The fourth-order valence-corrected chi connectivity index (χ4v) is 4.82. The monoisotopic (exact) mass is 567 g/mol. The van der Waals surface area contributed by atoms with E-state index < -0.39 is 16.2 Å². The van der Waals surface area contributed by atoms with Gasteiger partial charge in [0.05, 0.1) is 20.5 Å². The summed E-state index contributed by atoms with van der Waals surface area (Å²) < 4.78 is 1.43. The van der Waals surface area contributed by atoms with Gasteiger partial charge in [-0.05, 0) is 50.5 Å². The Morgan fingerprint density at radius 3 is 2.30 bits per heavy atom. The molecule has 198 valence electrons. The van der Waals surface area contributed by atoms with Gasteiger partial charge in [-0.15, -0.1) is 0 Å². The number of nitro groups is 1. The van der Waals surface area contributed by atoms with Crippen LogP contribution in [-0.4, -0.2) is 72.0 Å². The second kappa shape index (κ2) is 11.7. The van der Waals surface area contributed by atoms with Crippen LogP contribution in [0, 0.1) is 10.1 Å². The molecule has 12 heteroatoms. The van der Waals surface area contributed by atoms with Crippen molar-refractivity contribution in [2.45, 2.75) is 14.0 Å². The van der Waals surface area contributed by atoms with Gasteiger partial charge in [0, 0.05) is 55.2 Å². The van der Waals surface area contributed by atoms with Crippen LogP contribution in [-0.2, 0) is 6.54 Å². The lowest BCUT2D eigenvalue weighted by atomic mass is 10.1. The van der Waals surface area contributed by atoms with Gasteiger partial charge in [-0.3, -0.25) is 19.7 Å². The molecule has 2 heterocycles. The van der Waals surface area contributed by atoms with Gasteiger partial charge in [0.2, 0.25) is 0 Å². The van der Waals surface area contributed by atoms with Crippen LogP contribution >= 0.6 is 34.8 Å². The first-order valence-corrected chi connectivity index (χ1v) is 12.4. The summed E-state index contributed by atoms with van der Waals surface area (Å²) in [6.45, 7) is 2.04. The predicted molar refractivity (Wildman–Crippen MR) is 150 cm³/mol. The van der Waals surface area contributed by atoms with E-state index in [2.05, 4.69) is 0 Å². The Balaban J connectivity index is 0.00000380. The molecule has 0 radical (unpaired) electrons. The minimum absolute atomic E-state index is 0. The molecule has 1 saturated heterocycles. The summed E-state index contributed by atoms with van der Waals surface area (Å²) in [6, 6.07) is 9.73. The lowest BCUT2D eigenvalue weighted by Gasteiger charge is -2.36. The zero-order valence-electron chi connectivity index (χ0n) is 19.7. The van der Waals surface area contributed by atoms with E-state index >= 15 is 0 Å². The SMILES string of the molecule is C.CN(C)CCn1c(=O)c([N+](=O)[O-])c(N2CCN(C(=O)c3ccc(Cl)c(Cl)c3)CC2)c2cc(Cl)ccc21. The number of fused-ring (bicyclic) bond motifs is 1. The summed E-state index contributed by atoms with van der Waals surface area (Å²) in [7, 11) is 3.73. The van der Waals surface area contributed by atoms with Crippen LogP contribution in [0.15, 0.2) is 41.2 Å². The van der Waals surface area contributed by atoms with Crippen molar-refractivity contribution in [3.05, 3.63) is 77.5 Å². The number of anilines is 1. The summed E-state index contributed by atoms with van der Waals surface area (Å²) in [5, 5.41) is 13.7. The second-order valence-electron chi connectivity index (χ2n) is 8.78. The first-order valence-electron chi connectivity index (χ1n) is 11.2. The summed E-state index contributed by atoms with van der Waals surface area (Å²) in [4.78, 5) is 43.2. The number of likely N-dealkylation sites (N-methyl/N-ethyl adjacent to an activating group) is 1. The fraction of sp³-hybridized carbons (Fsp3) is 0.360. The number of hydrogen-bond donors (Lipinski definition) is 0. The van der Waals surface area contributed by atoms with E-state index in [4.69, 9.17) is 34.8 Å². The predicted octanol–water partition coefficient (Wildman–Crippen LogP) is 5.03. The highest BCUT2D eigenvalue weighted by Crippen LogP contribution is 2.36. The first kappa shape index (κ1) is 28.7. The number of pyridine rings is 1. The van der Waals surface area contributed by atoms with Gasteiger partial charge in [-0.2, -0.15) is 0 Å². The van der Waals surface area contributed by atoms with Gasteiger partial charge in [0.15, 0.2) is 0 Å². The third kappa shape index (κ3) is 5.85. The van der Waals surface area contributed by atoms with Gasteiger partial charge in [-0.1, -0.05) is 42.2 Å². The highest BCUT2D eigenvalue weighted by atomic mass is 35.5. The van der Waals surface area contributed by atoms with Crippen LogP contribution < -0.4 is 10.5 Å². The van der Waals surface area contributed by atoms with E-state index in [9.17, 15) is 19.7 Å². The van der Waals surface area contributed by atoms with Crippen LogP contribution in [0.5, 0.6) is 0 Å². The highest BCUT2D eigenvalue weighted by molar-refractivity contribution is 6.42. The third-order valence-corrected chi connectivity index (χ3v) is 7.15. The molecule has 0 unspecified atom stereocenters. The van der Waals surface area contributed by atoms with Crippen molar-refractivity contribution in [2.75, 3.05) is 51.7 Å². The zero-order valence-corrected chi connectivity index (χ0v) is 22.0. The summed E-state index contributed by atoms with van der Waals surface area (Å²) in [5.74, 6) is -0.213. The smallest absolute Gasteiger partial charge is 0.357 e. The molecule has 3 aromatic rings. The Morgan fingerprint density at radius 1 is 1.03 bits per heavy atom. The molecule has 37 heavy (non-hydrogen) atoms. The van der Waals surface area contributed by atoms with Crippen LogP contribution in [0.2, 0.25) is 15.1 Å². The normalized spacial score (nSPS) is 13.7. The largest absolute Gasteiger partial charge is 0.362 e. The minimum Gasteiger partial charge on any atom is -0.362 e. The third-order valence-electron chi connectivity index (χ3n) is 6.18. The Kier molecular flexibility index (Phi) is 9.07. The molecule has 0 aliphatic carbocycles. The quantitative estimate of drug-likeness (QED) is 0.306. The fourth-order valence-electron chi connectivity index (χ4n) is 4.35. The number of aromatic nitrogens is 1. The van der Waals surface area contributed by atoms with E-state index in [1.54, 1.807) is 40.1 Å². The van der Waals surface area contributed by atoms with Gasteiger partial charge >= 0.3 is 11.2 Å². The Bertz CT molecular complexity index is 1400. The lowest BCUT2D eigenvalue weighted by molar-refractivity contribution is -0.385. The maximum absolute atomic E-state index is 13.4. The van der Waals surface area contributed by atoms with Crippen LogP contribution in [0.4, 0.5) is 11.4 Å². The van der Waals surface area contributed by atoms with E-state index in [-0.39, 0.29) is 30.6 Å². The molecular formula is C25H28Cl3N5O4.